The number of pyridine rings is 2. The third-order valence-electron chi connectivity index (χ3n) is 5.03. The number of hydrogen-bond donors (Lipinski definition) is 0. The number of fused-ring (bicyclic) bond motifs is 1. The molecule has 0 amide bonds. The second-order valence-electron chi connectivity index (χ2n) is 7.45. The molecule has 0 saturated carbocycles. The zero-order chi connectivity index (χ0) is 20.4. The highest BCUT2D eigenvalue weighted by Crippen LogP contribution is 2.34. The van der Waals surface area contributed by atoms with Gasteiger partial charge in [-0.1, -0.05) is 13.8 Å². The SMILES string of the molecule is COC[C@@H](CF)n1cc(C)c2nc(-c3ccc(C(C)C)nc3OC)c(C)cc21. The topological polar surface area (TPSA) is 49.2 Å². The summed E-state index contributed by atoms with van der Waals surface area (Å²) < 4.78 is 26.2. The summed E-state index contributed by atoms with van der Waals surface area (Å²) in [6.45, 7) is 8.02. The molecule has 0 aromatic carbocycles. The van der Waals surface area contributed by atoms with E-state index in [1.165, 1.54) is 0 Å². The summed E-state index contributed by atoms with van der Waals surface area (Å²) >= 11 is 0. The van der Waals surface area contributed by atoms with E-state index in [4.69, 9.17) is 14.5 Å². The lowest BCUT2D eigenvalue weighted by Crippen LogP contribution is -2.15. The Bertz CT molecular complexity index is 982. The van der Waals surface area contributed by atoms with Crippen molar-refractivity contribution in [2.24, 2.45) is 0 Å². The fraction of sp³-hybridized carbons (Fsp3) is 0.455. The average Bonchev–Trinajstić information content (AvgIpc) is 3.00. The number of halogens is 1. The molecule has 0 fully saturated rings. The van der Waals surface area contributed by atoms with Crippen LogP contribution in [0.1, 0.15) is 42.6 Å². The van der Waals surface area contributed by atoms with E-state index in [2.05, 4.69) is 24.9 Å². The van der Waals surface area contributed by atoms with Crippen LogP contribution in [0.25, 0.3) is 22.3 Å². The number of alkyl halides is 1. The Labute approximate surface area is 165 Å². The number of ether oxygens (including phenoxy) is 2. The minimum Gasteiger partial charge on any atom is -0.480 e. The number of aryl methyl sites for hydroxylation is 2. The van der Waals surface area contributed by atoms with Crippen molar-refractivity contribution in [2.75, 3.05) is 27.5 Å². The first-order valence-electron chi connectivity index (χ1n) is 9.50. The van der Waals surface area contributed by atoms with Crippen molar-refractivity contribution in [1.29, 1.82) is 0 Å². The van der Waals surface area contributed by atoms with Crippen LogP contribution in [-0.2, 0) is 4.74 Å². The lowest BCUT2D eigenvalue weighted by molar-refractivity contribution is 0.142. The van der Waals surface area contributed by atoms with Crippen LogP contribution < -0.4 is 4.74 Å². The Morgan fingerprint density at radius 3 is 2.46 bits per heavy atom. The van der Waals surface area contributed by atoms with E-state index in [1.807, 2.05) is 36.7 Å². The lowest BCUT2D eigenvalue weighted by atomic mass is 10.0. The third kappa shape index (κ3) is 3.61. The van der Waals surface area contributed by atoms with Crippen LogP contribution in [0.5, 0.6) is 5.88 Å². The largest absolute Gasteiger partial charge is 0.480 e. The first-order chi connectivity index (χ1) is 13.4. The van der Waals surface area contributed by atoms with E-state index in [0.29, 0.717) is 18.4 Å². The molecule has 28 heavy (non-hydrogen) atoms. The molecular weight excluding hydrogens is 357 g/mol. The van der Waals surface area contributed by atoms with Gasteiger partial charge >= 0.3 is 0 Å². The summed E-state index contributed by atoms with van der Waals surface area (Å²) in [4.78, 5) is 9.57. The second kappa shape index (κ2) is 8.27. The van der Waals surface area contributed by atoms with Gasteiger partial charge in [0.05, 0.1) is 42.0 Å². The first-order valence-corrected chi connectivity index (χ1v) is 9.50. The maximum Gasteiger partial charge on any atom is 0.222 e. The van der Waals surface area contributed by atoms with Gasteiger partial charge in [0.15, 0.2) is 0 Å². The Morgan fingerprint density at radius 1 is 1.11 bits per heavy atom. The van der Waals surface area contributed by atoms with Crippen LogP contribution >= 0.6 is 0 Å². The highest BCUT2D eigenvalue weighted by Gasteiger charge is 2.20. The number of nitrogens with zero attached hydrogens (tertiary/aromatic N) is 3. The van der Waals surface area contributed by atoms with Gasteiger partial charge in [0.2, 0.25) is 5.88 Å². The predicted molar refractivity (Wildman–Crippen MR) is 110 cm³/mol. The maximum atomic E-state index is 13.6. The zero-order valence-electron chi connectivity index (χ0n) is 17.4. The molecule has 6 heteroatoms. The monoisotopic (exact) mass is 385 g/mol. The van der Waals surface area contributed by atoms with E-state index in [1.54, 1.807) is 14.2 Å². The van der Waals surface area contributed by atoms with Gasteiger partial charge in [0.25, 0.3) is 0 Å². The number of rotatable bonds is 7. The maximum absolute atomic E-state index is 13.6. The van der Waals surface area contributed by atoms with Crippen molar-refractivity contribution in [2.45, 2.75) is 39.7 Å². The van der Waals surface area contributed by atoms with E-state index >= 15 is 0 Å². The van der Waals surface area contributed by atoms with Gasteiger partial charge in [0, 0.05) is 19.0 Å². The molecule has 5 nitrogen and oxygen atoms in total. The zero-order valence-corrected chi connectivity index (χ0v) is 17.4. The van der Waals surface area contributed by atoms with Gasteiger partial charge in [-0.25, -0.2) is 14.4 Å². The molecule has 3 rings (SSSR count). The summed E-state index contributed by atoms with van der Waals surface area (Å²) in [5.74, 6) is 0.883. The number of aromatic nitrogens is 3. The molecule has 0 N–H and O–H groups in total. The highest BCUT2D eigenvalue weighted by molar-refractivity contribution is 5.85. The van der Waals surface area contributed by atoms with Crippen molar-refractivity contribution in [3.8, 4) is 17.1 Å². The van der Waals surface area contributed by atoms with Gasteiger partial charge in [-0.2, -0.15) is 0 Å². The summed E-state index contributed by atoms with van der Waals surface area (Å²) in [6, 6.07) is 5.72. The van der Waals surface area contributed by atoms with Crippen LogP contribution in [0.2, 0.25) is 0 Å². The highest BCUT2D eigenvalue weighted by atomic mass is 19.1. The minimum atomic E-state index is -0.494. The fourth-order valence-electron chi connectivity index (χ4n) is 3.50. The van der Waals surface area contributed by atoms with E-state index in [-0.39, 0.29) is 6.04 Å². The van der Waals surface area contributed by atoms with E-state index in [0.717, 1.165) is 39.1 Å². The van der Waals surface area contributed by atoms with Gasteiger partial charge in [-0.3, -0.25) is 0 Å². The minimum absolute atomic E-state index is 0.314. The summed E-state index contributed by atoms with van der Waals surface area (Å²) in [7, 11) is 3.21. The Balaban J connectivity index is 2.17. The molecule has 0 saturated heterocycles. The molecule has 3 aromatic rings. The van der Waals surface area contributed by atoms with Crippen molar-refractivity contribution in [3.05, 3.63) is 41.2 Å². The predicted octanol–water partition coefficient (Wildman–Crippen LogP) is 5.00. The molecule has 3 aromatic heterocycles. The molecule has 0 spiro atoms. The Kier molecular flexibility index (Phi) is 5.98. The molecule has 0 bridgehead atoms. The van der Waals surface area contributed by atoms with Gasteiger partial charge in [-0.15, -0.1) is 0 Å². The molecule has 0 radical (unpaired) electrons. The molecule has 0 aliphatic carbocycles. The molecule has 0 aliphatic heterocycles. The number of methoxy groups -OCH3 is 2. The summed E-state index contributed by atoms with van der Waals surface area (Å²) in [5, 5.41) is 0. The van der Waals surface area contributed by atoms with Gasteiger partial charge in [-0.05, 0) is 49.1 Å². The van der Waals surface area contributed by atoms with Crippen molar-refractivity contribution < 1.29 is 13.9 Å². The van der Waals surface area contributed by atoms with Crippen LogP contribution in [0.15, 0.2) is 24.4 Å². The molecular formula is C22H28FN3O2. The van der Waals surface area contributed by atoms with Crippen molar-refractivity contribution in [1.82, 2.24) is 14.5 Å². The third-order valence-corrected chi connectivity index (χ3v) is 5.03. The molecule has 0 unspecified atom stereocenters. The molecule has 150 valence electrons. The average molecular weight is 385 g/mol. The normalized spacial score (nSPS) is 12.7. The smallest absolute Gasteiger partial charge is 0.222 e. The standard InChI is InChI=1S/C22H28FN3O2/c1-13(2)18-8-7-17(22(24-18)28-6)20-14(3)9-19-21(25-20)15(4)11-26(19)16(10-23)12-27-5/h7-9,11,13,16H,10,12H2,1-6H3/t16-/m1/s1. The molecule has 0 aliphatic rings. The van der Waals surface area contributed by atoms with Crippen LogP contribution in [0.4, 0.5) is 4.39 Å². The van der Waals surface area contributed by atoms with Crippen LogP contribution in [-0.4, -0.2) is 42.0 Å². The lowest BCUT2D eigenvalue weighted by Gasteiger charge is -2.17. The number of hydrogen-bond acceptors (Lipinski definition) is 4. The summed E-state index contributed by atoms with van der Waals surface area (Å²) in [5.41, 5.74) is 6.41. The Hall–Kier alpha value is -2.47. The Morgan fingerprint density at radius 2 is 1.86 bits per heavy atom. The van der Waals surface area contributed by atoms with Crippen molar-refractivity contribution >= 4 is 11.0 Å². The van der Waals surface area contributed by atoms with Crippen LogP contribution in [0, 0.1) is 13.8 Å². The van der Waals surface area contributed by atoms with Crippen molar-refractivity contribution in [3.63, 3.8) is 0 Å². The van der Waals surface area contributed by atoms with Gasteiger partial charge < -0.3 is 14.0 Å². The van der Waals surface area contributed by atoms with Crippen LogP contribution in [0.3, 0.4) is 0 Å². The fourth-order valence-corrected chi connectivity index (χ4v) is 3.50. The molecule has 1 atom stereocenters. The summed E-state index contributed by atoms with van der Waals surface area (Å²) in [6.07, 6.45) is 1.95. The second-order valence-corrected chi connectivity index (χ2v) is 7.45. The van der Waals surface area contributed by atoms with E-state index < -0.39 is 6.67 Å². The van der Waals surface area contributed by atoms with E-state index in [9.17, 15) is 4.39 Å². The quantitative estimate of drug-likeness (QED) is 0.574. The first kappa shape index (κ1) is 20.3. The molecule has 3 heterocycles. The van der Waals surface area contributed by atoms with Gasteiger partial charge in [0.1, 0.15) is 6.67 Å².